The van der Waals surface area contributed by atoms with Crippen LogP contribution in [-0.2, 0) is 0 Å². The molecule has 57 heavy (non-hydrogen) atoms. The summed E-state index contributed by atoms with van der Waals surface area (Å²) in [6, 6.07) is 65.7. The highest BCUT2D eigenvalue weighted by Crippen LogP contribution is 2.41. The molecule has 5 heteroatoms. The minimum Gasteiger partial charge on any atom is -0.455 e. The SMILES string of the molecule is Cc1ccc(-c2ccc3c(c2)c2ccccc2n3-c2ccc(-c3cccc4c3oc3ccccc34)cc2-c2nc(-c3ccccc3)nc(-c3ccccc3)n2)cc1. The fraction of sp³-hybridized carbons (Fsp3) is 0.0192. The van der Waals surface area contributed by atoms with Crippen LogP contribution in [0.3, 0.4) is 0 Å². The van der Waals surface area contributed by atoms with E-state index < -0.39 is 0 Å². The molecule has 11 rings (SSSR count). The molecular weight excluding hydrogens is 697 g/mol. The van der Waals surface area contributed by atoms with Gasteiger partial charge in [0, 0.05) is 43.8 Å². The average molecular weight is 731 g/mol. The molecule has 3 heterocycles. The van der Waals surface area contributed by atoms with Gasteiger partial charge in [-0.3, -0.25) is 0 Å². The van der Waals surface area contributed by atoms with E-state index in [9.17, 15) is 0 Å². The van der Waals surface area contributed by atoms with Gasteiger partial charge in [-0.25, -0.2) is 15.0 Å². The Bertz CT molecular complexity index is 3230. The molecule has 5 nitrogen and oxygen atoms in total. The highest BCUT2D eigenvalue weighted by molar-refractivity contribution is 6.12. The van der Waals surface area contributed by atoms with Gasteiger partial charge in [0.05, 0.1) is 16.7 Å². The molecule has 0 bridgehead atoms. The number of para-hydroxylation sites is 3. The van der Waals surface area contributed by atoms with E-state index >= 15 is 0 Å². The summed E-state index contributed by atoms with van der Waals surface area (Å²) < 4.78 is 8.92. The number of benzene rings is 8. The number of rotatable bonds is 6. The number of hydrogen-bond donors (Lipinski definition) is 0. The Hall–Kier alpha value is -7.63. The van der Waals surface area contributed by atoms with E-state index in [2.05, 4.69) is 127 Å². The summed E-state index contributed by atoms with van der Waals surface area (Å²) >= 11 is 0. The highest BCUT2D eigenvalue weighted by Gasteiger charge is 2.22. The molecular formula is C52H34N4O. The third-order valence-electron chi connectivity index (χ3n) is 11.0. The van der Waals surface area contributed by atoms with Gasteiger partial charge in [0.1, 0.15) is 11.2 Å². The number of furan rings is 1. The van der Waals surface area contributed by atoms with Gasteiger partial charge in [-0.05, 0) is 60.0 Å². The van der Waals surface area contributed by atoms with Crippen molar-refractivity contribution in [2.24, 2.45) is 0 Å². The van der Waals surface area contributed by atoms with E-state index in [1.54, 1.807) is 0 Å². The van der Waals surface area contributed by atoms with Crippen LogP contribution in [0.15, 0.2) is 192 Å². The molecule has 0 unspecified atom stereocenters. The molecule has 0 amide bonds. The molecule has 0 aliphatic heterocycles. The lowest BCUT2D eigenvalue weighted by molar-refractivity contribution is 0.670. The van der Waals surface area contributed by atoms with Crippen molar-refractivity contribution >= 4 is 43.7 Å². The second-order valence-corrected chi connectivity index (χ2v) is 14.5. The van der Waals surface area contributed by atoms with E-state index in [0.29, 0.717) is 17.5 Å². The number of aryl methyl sites for hydroxylation is 1. The summed E-state index contributed by atoms with van der Waals surface area (Å²) in [5.41, 5.74) is 13.2. The van der Waals surface area contributed by atoms with Gasteiger partial charge in [-0.1, -0.05) is 157 Å². The van der Waals surface area contributed by atoms with Crippen molar-refractivity contribution in [2.75, 3.05) is 0 Å². The average Bonchev–Trinajstić information content (AvgIpc) is 3.82. The predicted molar refractivity (Wildman–Crippen MR) is 233 cm³/mol. The third-order valence-corrected chi connectivity index (χ3v) is 11.0. The molecule has 268 valence electrons. The quantitative estimate of drug-likeness (QED) is 0.171. The van der Waals surface area contributed by atoms with Gasteiger partial charge < -0.3 is 8.98 Å². The maximum Gasteiger partial charge on any atom is 0.166 e. The van der Waals surface area contributed by atoms with Crippen LogP contribution in [0.2, 0.25) is 0 Å². The van der Waals surface area contributed by atoms with Crippen LogP contribution in [0.1, 0.15) is 5.56 Å². The Morgan fingerprint density at radius 2 is 0.982 bits per heavy atom. The van der Waals surface area contributed by atoms with Gasteiger partial charge in [0.2, 0.25) is 0 Å². The molecule has 0 atom stereocenters. The van der Waals surface area contributed by atoms with Gasteiger partial charge in [0.15, 0.2) is 17.5 Å². The van der Waals surface area contributed by atoms with Gasteiger partial charge in [0.25, 0.3) is 0 Å². The van der Waals surface area contributed by atoms with E-state index in [4.69, 9.17) is 19.4 Å². The summed E-state index contributed by atoms with van der Waals surface area (Å²) in [5.74, 6) is 1.80. The lowest BCUT2D eigenvalue weighted by Gasteiger charge is -2.16. The van der Waals surface area contributed by atoms with Crippen molar-refractivity contribution in [2.45, 2.75) is 6.92 Å². The monoisotopic (exact) mass is 730 g/mol. The summed E-state index contributed by atoms with van der Waals surface area (Å²) in [6.07, 6.45) is 0. The van der Waals surface area contributed by atoms with E-state index in [1.165, 1.54) is 27.5 Å². The van der Waals surface area contributed by atoms with Crippen LogP contribution in [0.4, 0.5) is 0 Å². The third kappa shape index (κ3) is 5.59. The summed E-state index contributed by atoms with van der Waals surface area (Å²) in [4.78, 5) is 15.6. The smallest absolute Gasteiger partial charge is 0.166 e. The molecule has 0 saturated carbocycles. The summed E-state index contributed by atoms with van der Waals surface area (Å²) in [6.45, 7) is 2.12. The van der Waals surface area contributed by atoms with Crippen LogP contribution in [0.5, 0.6) is 0 Å². The predicted octanol–water partition coefficient (Wildman–Crippen LogP) is 13.5. The first-order valence-electron chi connectivity index (χ1n) is 19.2. The molecule has 0 N–H and O–H groups in total. The van der Waals surface area contributed by atoms with Crippen molar-refractivity contribution in [3.63, 3.8) is 0 Å². The van der Waals surface area contributed by atoms with Crippen LogP contribution in [0.25, 0.3) is 106 Å². The largest absolute Gasteiger partial charge is 0.455 e. The number of aromatic nitrogens is 4. The standard InChI is InChI=1S/C52H34N4O/c1-33-23-25-34(26-24-33)37-27-29-46-43(31-37)40-17-8-10-21-45(40)56(46)47-30-28-38(39-19-12-20-42-41-18-9-11-22-48(41)57-49(39)42)32-44(47)52-54-50(35-13-4-2-5-14-35)53-51(55-52)36-15-6-3-7-16-36/h2-32H,1H3. The van der Waals surface area contributed by atoms with Crippen molar-refractivity contribution in [3.05, 3.63) is 194 Å². The fourth-order valence-electron chi connectivity index (χ4n) is 8.14. The molecule has 0 aliphatic rings. The van der Waals surface area contributed by atoms with Gasteiger partial charge in [-0.15, -0.1) is 0 Å². The van der Waals surface area contributed by atoms with Crippen molar-refractivity contribution in [1.82, 2.24) is 19.5 Å². The second kappa shape index (κ2) is 13.3. The lowest BCUT2D eigenvalue weighted by Crippen LogP contribution is -2.04. The molecule has 0 aliphatic carbocycles. The Balaban J connectivity index is 1.20. The highest BCUT2D eigenvalue weighted by atomic mass is 16.3. The van der Waals surface area contributed by atoms with Crippen LogP contribution >= 0.6 is 0 Å². The maximum absolute atomic E-state index is 6.56. The summed E-state index contributed by atoms with van der Waals surface area (Å²) in [7, 11) is 0. The first-order chi connectivity index (χ1) is 28.2. The summed E-state index contributed by atoms with van der Waals surface area (Å²) in [5, 5.41) is 4.53. The van der Waals surface area contributed by atoms with Crippen molar-refractivity contribution in [1.29, 1.82) is 0 Å². The Labute approximate surface area is 329 Å². The Kier molecular flexibility index (Phi) is 7.64. The zero-order valence-corrected chi connectivity index (χ0v) is 31.1. The topological polar surface area (TPSA) is 56.7 Å². The normalized spacial score (nSPS) is 11.6. The molecule has 11 aromatic rings. The minimum absolute atomic E-state index is 0.582. The van der Waals surface area contributed by atoms with Crippen molar-refractivity contribution < 1.29 is 4.42 Å². The molecule has 8 aromatic carbocycles. The number of hydrogen-bond acceptors (Lipinski definition) is 4. The molecule has 0 fully saturated rings. The van der Waals surface area contributed by atoms with E-state index in [-0.39, 0.29) is 0 Å². The molecule has 0 spiro atoms. The zero-order valence-electron chi connectivity index (χ0n) is 31.1. The zero-order chi connectivity index (χ0) is 37.9. The number of fused-ring (bicyclic) bond motifs is 6. The molecule has 0 radical (unpaired) electrons. The van der Waals surface area contributed by atoms with Crippen LogP contribution in [0, 0.1) is 6.92 Å². The van der Waals surface area contributed by atoms with Crippen molar-refractivity contribution in [3.8, 4) is 62.1 Å². The molecule has 0 saturated heterocycles. The van der Waals surface area contributed by atoms with Gasteiger partial charge in [-0.2, -0.15) is 0 Å². The van der Waals surface area contributed by atoms with E-state index in [1.807, 2.05) is 72.8 Å². The molecule has 3 aromatic heterocycles. The second-order valence-electron chi connectivity index (χ2n) is 14.5. The Morgan fingerprint density at radius 3 is 1.74 bits per heavy atom. The first kappa shape index (κ1) is 32.8. The van der Waals surface area contributed by atoms with Gasteiger partial charge >= 0.3 is 0 Å². The maximum atomic E-state index is 6.56. The fourth-order valence-corrected chi connectivity index (χ4v) is 8.14. The van der Waals surface area contributed by atoms with E-state index in [0.717, 1.165) is 66.5 Å². The van der Waals surface area contributed by atoms with Crippen LogP contribution in [-0.4, -0.2) is 19.5 Å². The van der Waals surface area contributed by atoms with Crippen LogP contribution < -0.4 is 0 Å². The Morgan fingerprint density at radius 1 is 0.386 bits per heavy atom. The number of nitrogens with zero attached hydrogens (tertiary/aromatic N) is 4. The lowest BCUT2D eigenvalue weighted by atomic mass is 9.98. The first-order valence-corrected chi connectivity index (χ1v) is 19.2. The minimum atomic E-state index is 0.582.